The summed E-state index contributed by atoms with van der Waals surface area (Å²) in [6.07, 6.45) is 10.5. The first-order valence-corrected chi connectivity index (χ1v) is 7.81. The van der Waals surface area contributed by atoms with Crippen molar-refractivity contribution in [3.63, 3.8) is 0 Å². The predicted molar refractivity (Wildman–Crippen MR) is 83.2 cm³/mol. The molecule has 2 aromatic rings. The standard InChI is InChI=1S/C15H19ClN4O/c16-13-11-7-8-17-14(11)18-9-12(13)15(21)20-19-10-5-3-1-2-4-6-10/h7-10,19H,1-6H2,(H,17,18)(H,20,21). The third kappa shape index (κ3) is 3.19. The molecule has 1 aliphatic rings. The highest BCUT2D eigenvalue weighted by Gasteiger charge is 2.17. The van der Waals surface area contributed by atoms with E-state index in [2.05, 4.69) is 20.8 Å². The number of hydrogen-bond donors (Lipinski definition) is 3. The molecule has 1 aliphatic carbocycles. The van der Waals surface area contributed by atoms with Crippen molar-refractivity contribution >= 4 is 28.5 Å². The van der Waals surface area contributed by atoms with Gasteiger partial charge in [-0.25, -0.2) is 10.4 Å². The molecule has 0 aromatic carbocycles. The number of H-pyrrole nitrogens is 1. The largest absolute Gasteiger partial charge is 0.346 e. The van der Waals surface area contributed by atoms with Gasteiger partial charge >= 0.3 is 0 Å². The van der Waals surface area contributed by atoms with E-state index in [1.807, 2.05) is 6.07 Å². The number of carbonyl (C=O) groups excluding carboxylic acids is 1. The summed E-state index contributed by atoms with van der Waals surface area (Å²) < 4.78 is 0. The van der Waals surface area contributed by atoms with Gasteiger partial charge in [0.25, 0.3) is 5.91 Å². The molecular weight excluding hydrogens is 288 g/mol. The van der Waals surface area contributed by atoms with Gasteiger partial charge in [0.1, 0.15) is 5.65 Å². The van der Waals surface area contributed by atoms with Gasteiger partial charge in [0.2, 0.25) is 0 Å². The minimum atomic E-state index is -0.236. The zero-order valence-corrected chi connectivity index (χ0v) is 12.5. The molecule has 2 heterocycles. The molecule has 0 aliphatic heterocycles. The lowest BCUT2D eigenvalue weighted by Gasteiger charge is -2.17. The van der Waals surface area contributed by atoms with E-state index in [-0.39, 0.29) is 5.91 Å². The smallest absolute Gasteiger partial charge is 0.268 e. The van der Waals surface area contributed by atoms with Gasteiger partial charge in [0.05, 0.1) is 10.6 Å². The second-order valence-corrected chi connectivity index (χ2v) is 5.89. The van der Waals surface area contributed by atoms with Crippen LogP contribution in [0.3, 0.4) is 0 Å². The molecule has 0 radical (unpaired) electrons. The van der Waals surface area contributed by atoms with Crippen LogP contribution in [-0.2, 0) is 0 Å². The van der Waals surface area contributed by atoms with Crippen LogP contribution in [0.1, 0.15) is 48.9 Å². The van der Waals surface area contributed by atoms with E-state index >= 15 is 0 Å². The van der Waals surface area contributed by atoms with Gasteiger partial charge in [-0.1, -0.05) is 37.3 Å². The van der Waals surface area contributed by atoms with Gasteiger partial charge in [-0.2, -0.15) is 0 Å². The molecule has 0 unspecified atom stereocenters. The summed E-state index contributed by atoms with van der Waals surface area (Å²) in [5, 5.41) is 1.19. The fourth-order valence-electron chi connectivity index (χ4n) is 2.79. The van der Waals surface area contributed by atoms with Crippen molar-refractivity contribution in [1.82, 2.24) is 20.8 Å². The van der Waals surface area contributed by atoms with Gasteiger partial charge in [0, 0.05) is 23.8 Å². The van der Waals surface area contributed by atoms with Crippen molar-refractivity contribution in [2.75, 3.05) is 0 Å². The summed E-state index contributed by atoms with van der Waals surface area (Å²) in [4.78, 5) is 19.4. The molecule has 1 amide bonds. The highest BCUT2D eigenvalue weighted by atomic mass is 35.5. The van der Waals surface area contributed by atoms with Crippen molar-refractivity contribution in [3.05, 3.63) is 29.0 Å². The number of aromatic amines is 1. The number of fused-ring (bicyclic) bond motifs is 1. The lowest BCUT2D eigenvalue weighted by Crippen LogP contribution is -2.44. The maximum Gasteiger partial charge on any atom is 0.268 e. The summed E-state index contributed by atoms with van der Waals surface area (Å²) >= 11 is 6.28. The molecule has 0 saturated heterocycles. The lowest BCUT2D eigenvalue weighted by atomic mass is 10.1. The molecular formula is C15H19ClN4O. The Morgan fingerprint density at radius 3 is 2.81 bits per heavy atom. The van der Waals surface area contributed by atoms with Gasteiger partial charge in [-0.15, -0.1) is 0 Å². The predicted octanol–water partition coefficient (Wildman–Crippen LogP) is 3.17. The third-order valence-corrected chi connectivity index (χ3v) is 4.42. The van der Waals surface area contributed by atoms with Crippen LogP contribution in [0.5, 0.6) is 0 Å². The molecule has 3 rings (SSSR count). The molecule has 1 saturated carbocycles. The van der Waals surface area contributed by atoms with Crippen molar-refractivity contribution in [2.24, 2.45) is 0 Å². The summed E-state index contributed by atoms with van der Waals surface area (Å²) in [7, 11) is 0. The topological polar surface area (TPSA) is 69.8 Å². The number of nitrogens with zero attached hydrogens (tertiary/aromatic N) is 1. The van der Waals surface area contributed by atoms with Crippen LogP contribution in [0.4, 0.5) is 0 Å². The normalized spacial score (nSPS) is 16.8. The Morgan fingerprint density at radius 2 is 2.05 bits per heavy atom. The van der Waals surface area contributed by atoms with Crippen molar-refractivity contribution in [3.8, 4) is 0 Å². The molecule has 1 fully saturated rings. The van der Waals surface area contributed by atoms with E-state index in [1.165, 1.54) is 31.9 Å². The Balaban J connectivity index is 1.67. The first-order chi connectivity index (χ1) is 10.3. The SMILES string of the molecule is O=C(NNC1CCCCCC1)c1cnc2[nH]ccc2c1Cl. The molecule has 3 N–H and O–H groups in total. The molecule has 5 nitrogen and oxygen atoms in total. The summed E-state index contributed by atoms with van der Waals surface area (Å²) in [6, 6.07) is 2.17. The van der Waals surface area contributed by atoms with Crippen molar-refractivity contribution in [1.29, 1.82) is 0 Å². The second kappa shape index (κ2) is 6.45. The maximum absolute atomic E-state index is 12.3. The summed E-state index contributed by atoms with van der Waals surface area (Å²) in [5.41, 5.74) is 6.99. The number of halogens is 1. The van der Waals surface area contributed by atoms with Crippen molar-refractivity contribution in [2.45, 2.75) is 44.6 Å². The van der Waals surface area contributed by atoms with Crippen LogP contribution in [-0.4, -0.2) is 21.9 Å². The highest BCUT2D eigenvalue weighted by Crippen LogP contribution is 2.24. The Morgan fingerprint density at radius 1 is 1.29 bits per heavy atom. The first-order valence-electron chi connectivity index (χ1n) is 7.43. The van der Waals surface area contributed by atoms with E-state index in [1.54, 1.807) is 6.20 Å². The fourth-order valence-corrected chi connectivity index (χ4v) is 3.08. The number of hydrogen-bond acceptors (Lipinski definition) is 3. The molecule has 0 spiro atoms. The molecule has 2 aromatic heterocycles. The van der Waals surface area contributed by atoms with E-state index in [0.717, 1.165) is 18.2 Å². The van der Waals surface area contributed by atoms with Gasteiger partial charge in [0.15, 0.2) is 0 Å². The fraction of sp³-hybridized carbons (Fsp3) is 0.467. The maximum atomic E-state index is 12.3. The minimum Gasteiger partial charge on any atom is -0.346 e. The van der Waals surface area contributed by atoms with Gasteiger partial charge < -0.3 is 4.98 Å². The van der Waals surface area contributed by atoms with Crippen LogP contribution in [0.15, 0.2) is 18.5 Å². The van der Waals surface area contributed by atoms with Crippen LogP contribution in [0.25, 0.3) is 11.0 Å². The molecule has 6 heteroatoms. The molecule has 112 valence electrons. The van der Waals surface area contributed by atoms with Crippen LogP contribution in [0, 0.1) is 0 Å². The zero-order valence-electron chi connectivity index (χ0n) is 11.8. The first kappa shape index (κ1) is 14.4. The summed E-state index contributed by atoms with van der Waals surface area (Å²) in [6.45, 7) is 0. The monoisotopic (exact) mass is 306 g/mol. The molecule has 21 heavy (non-hydrogen) atoms. The number of hydrazine groups is 1. The van der Waals surface area contributed by atoms with Crippen LogP contribution in [0.2, 0.25) is 5.02 Å². The zero-order chi connectivity index (χ0) is 14.7. The van der Waals surface area contributed by atoms with E-state index < -0.39 is 0 Å². The number of rotatable bonds is 3. The average Bonchev–Trinajstić information content (AvgIpc) is 2.82. The van der Waals surface area contributed by atoms with Gasteiger partial charge in [-0.3, -0.25) is 10.2 Å². The number of carbonyl (C=O) groups is 1. The number of pyridine rings is 1. The van der Waals surface area contributed by atoms with Crippen molar-refractivity contribution < 1.29 is 4.79 Å². The Labute approximate surface area is 128 Å². The van der Waals surface area contributed by atoms with E-state index in [0.29, 0.717) is 22.3 Å². The van der Waals surface area contributed by atoms with Gasteiger partial charge in [-0.05, 0) is 18.9 Å². The number of aromatic nitrogens is 2. The quantitative estimate of drug-likeness (QED) is 0.602. The Kier molecular flexibility index (Phi) is 4.41. The summed E-state index contributed by atoms with van der Waals surface area (Å²) in [5.74, 6) is -0.236. The number of amides is 1. The van der Waals surface area contributed by atoms with E-state index in [9.17, 15) is 4.79 Å². The minimum absolute atomic E-state index is 0.236. The Bertz CT molecular complexity index is 632. The second-order valence-electron chi connectivity index (χ2n) is 5.51. The Hall–Kier alpha value is -1.59. The highest BCUT2D eigenvalue weighted by molar-refractivity contribution is 6.38. The van der Waals surface area contributed by atoms with Crippen LogP contribution < -0.4 is 10.9 Å². The molecule has 0 atom stereocenters. The number of nitrogens with one attached hydrogen (secondary N) is 3. The third-order valence-electron chi connectivity index (χ3n) is 4.01. The average molecular weight is 307 g/mol. The lowest BCUT2D eigenvalue weighted by molar-refractivity contribution is 0.0923. The van der Waals surface area contributed by atoms with E-state index in [4.69, 9.17) is 11.6 Å². The van der Waals surface area contributed by atoms with Crippen LogP contribution >= 0.6 is 11.6 Å². The molecule has 0 bridgehead atoms.